The Hall–Kier alpha value is -1.58. The molecule has 1 aromatic heterocycles. The number of nitrogens with one attached hydrogen (secondary N) is 1. The maximum atomic E-state index is 12.6. The summed E-state index contributed by atoms with van der Waals surface area (Å²) in [5.41, 5.74) is -1.58. The molecule has 0 aliphatic heterocycles. The van der Waals surface area contributed by atoms with Crippen LogP contribution in [0.2, 0.25) is 0 Å². The molecule has 1 heterocycles. The zero-order valence-corrected chi connectivity index (χ0v) is 16.6. The van der Waals surface area contributed by atoms with E-state index in [-0.39, 0.29) is 56.1 Å². The van der Waals surface area contributed by atoms with Crippen LogP contribution in [0.15, 0.2) is 18.3 Å². The number of alkyl halides is 3. The Morgan fingerprint density at radius 3 is 2.34 bits per heavy atom. The lowest BCUT2D eigenvalue weighted by atomic mass is 9.86. The average molecular weight is 439 g/mol. The van der Waals surface area contributed by atoms with E-state index in [9.17, 15) is 28.2 Å². The molecule has 6 nitrogen and oxygen atoms in total. The molecule has 0 aromatic carbocycles. The molecule has 10 heteroatoms. The van der Waals surface area contributed by atoms with Gasteiger partial charge in [0.1, 0.15) is 0 Å². The molecule has 1 amide bonds. The summed E-state index contributed by atoms with van der Waals surface area (Å²) in [5, 5.41) is 22.9. The van der Waals surface area contributed by atoms with Gasteiger partial charge in [0.2, 0.25) is 11.8 Å². The van der Waals surface area contributed by atoms with Crippen LogP contribution in [-0.4, -0.2) is 46.5 Å². The van der Waals surface area contributed by atoms with Gasteiger partial charge in [-0.3, -0.25) is 4.79 Å². The maximum absolute atomic E-state index is 12.6. The second kappa shape index (κ2) is 9.49. The Balaban J connectivity index is 0.00000300. The van der Waals surface area contributed by atoms with E-state index in [4.69, 9.17) is 4.74 Å². The fourth-order valence-corrected chi connectivity index (χ4v) is 4.02. The summed E-state index contributed by atoms with van der Waals surface area (Å²) < 4.78 is 43.4. The highest BCUT2D eigenvalue weighted by molar-refractivity contribution is 5.85. The van der Waals surface area contributed by atoms with Gasteiger partial charge in [-0.15, -0.1) is 12.4 Å². The third kappa shape index (κ3) is 5.96. The number of amides is 1. The van der Waals surface area contributed by atoms with E-state index < -0.39 is 29.4 Å². The minimum Gasteiger partial charge on any atom is -0.477 e. The molecule has 0 bridgehead atoms. The van der Waals surface area contributed by atoms with Crippen LogP contribution in [0.5, 0.6) is 5.88 Å². The summed E-state index contributed by atoms with van der Waals surface area (Å²) in [6.07, 6.45) is -1.43. The highest BCUT2D eigenvalue weighted by Gasteiger charge is 2.45. The van der Waals surface area contributed by atoms with Crippen molar-refractivity contribution in [2.45, 2.75) is 56.9 Å². The minimum absolute atomic E-state index is 0. The van der Waals surface area contributed by atoms with Crippen LogP contribution >= 0.6 is 12.4 Å². The highest BCUT2D eigenvalue weighted by atomic mass is 35.5. The number of aromatic nitrogens is 1. The van der Waals surface area contributed by atoms with Gasteiger partial charge in [-0.2, -0.15) is 13.2 Å². The van der Waals surface area contributed by atoms with Crippen LogP contribution in [0.25, 0.3) is 0 Å². The minimum atomic E-state index is -4.48. The second-order valence-electron chi connectivity index (χ2n) is 7.91. The van der Waals surface area contributed by atoms with Crippen molar-refractivity contribution in [3.05, 3.63) is 23.9 Å². The van der Waals surface area contributed by atoms with Crippen molar-refractivity contribution in [3.8, 4) is 5.88 Å². The number of aliphatic hydroxyl groups is 2. The molecule has 164 valence electrons. The van der Waals surface area contributed by atoms with Crippen molar-refractivity contribution < 1.29 is 32.9 Å². The zero-order valence-electron chi connectivity index (χ0n) is 15.8. The van der Waals surface area contributed by atoms with Crippen LogP contribution in [0.4, 0.5) is 13.2 Å². The summed E-state index contributed by atoms with van der Waals surface area (Å²) in [6.45, 7) is 0.238. The first-order chi connectivity index (χ1) is 13.2. The van der Waals surface area contributed by atoms with Gasteiger partial charge in [0.25, 0.3) is 0 Å². The number of rotatable bonds is 6. The van der Waals surface area contributed by atoms with E-state index in [1.165, 1.54) is 0 Å². The topological polar surface area (TPSA) is 91.7 Å². The van der Waals surface area contributed by atoms with Gasteiger partial charge < -0.3 is 20.3 Å². The Kier molecular flexibility index (Phi) is 7.75. The van der Waals surface area contributed by atoms with Crippen molar-refractivity contribution in [1.82, 2.24) is 10.3 Å². The van der Waals surface area contributed by atoms with Gasteiger partial charge in [-0.1, -0.05) is 12.8 Å². The van der Waals surface area contributed by atoms with Gasteiger partial charge in [0.05, 0.1) is 24.4 Å². The van der Waals surface area contributed by atoms with E-state index in [0.29, 0.717) is 6.20 Å². The maximum Gasteiger partial charge on any atom is 0.417 e. The number of nitrogens with zero attached hydrogens (tertiary/aromatic N) is 1. The fourth-order valence-electron chi connectivity index (χ4n) is 4.02. The number of pyridine rings is 1. The quantitative estimate of drug-likeness (QED) is 0.635. The first kappa shape index (κ1) is 23.7. The lowest BCUT2D eigenvalue weighted by molar-refractivity contribution is -0.137. The highest BCUT2D eigenvalue weighted by Crippen LogP contribution is 2.39. The van der Waals surface area contributed by atoms with Gasteiger partial charge in [-0.25, -0.2) is 4.98 Å². The lowest BCUT2D eigenvalue weighted by Gasteiger charge is -2.29. The second-order valence-corrected chi connectivity index (χ2v) is 7.91. The van der Waals surface area contributed by atoms with Crippen molar-refractivity contribution in [2.75, 3.05) is 13.2 Å². The molecule has 0 spiro atoms. The number of hydrogen-bond donors (Lipinski definition) is 3. The number of hydrogen-bond acceptors (Lipinski definition) is 5. The number of carbonyl (C=O) groups excluding carboxylic acids is 1. The largest absolute Gasteiger partial charge is 0.477 e. The molecule has 3 rings (SSSR count). The standard InChI is InChI=1S/C19H25F3N2O4.ClH/c20-19(21,22)13-5-6-16(23-9-13)28-11-18(7-14(25)15(26)8-18)10-24-17(27)12-3-1-2-4-12;/h5-6,9,12,14-15,25-26H,1-4,7-8,10-11H2,(H,24,27);1H/t14-,15+,18?;. The average Bonchev–Trinajstić information content (AvgIpc) is 3.27. The monoisotopic (exact) mass is 438 g/mol. The van der Waals surface area contributed by atoms with Gasteiger partial charge >= 0.3 is 6.18 Å². The van der Waals surface area contributed by atoms with Crippen molar-refractivity contribution in [2.24, 2.45) is 11.3 Å². The predicted octanol–water partition coefficient (Wildman–Crippen LogP) is 2.71. The zero-order chi connectivity index (χ0) is 20.4. The number of ether oxygens (including phenoxy) is 1. The van der Waals surface area contributed by atoms with Crippen molar-refractivity contribution in [3.63, 3.8) is 0 Å². The summed E-state index contributed by atoms with van der Waals surface area (Å²) in [5.74, 6) is -0.0309. The van der Waals surface area contributed by atoms with Crippen LogP contribution < -0.4 is 10.1 Å². The first-order valence-corrected chi connectivity index (χ1v) is 9.48. The molecular formula is C19H26ClF3N2O4. The molecule has 29 heavy (non-hydrogen) atoms. The molecule has 0 radical (unpaired) electrons. The SMILES string of the molecule is Cl.O=C(NCC1(COc2ccc(C(F)(F)F)cn2)C[C@@H](O)[C@@H](O)C1)C1CCCC1. The van der Waals surface area contributed by atoms with E-state index in [1.54, 1.807) is 0 Å². The Labute approximate surface area is 173 Å². The molecule has 2 saturated carbocycles. The summed E-state index contributed by atoms with van der Waals surface area (Å²) in [7, 11) is 0. The van der Waals surface area contributed by atoms with Crippen LogP contribution in [0.1, 0.15) is 44.1 Å². The predicted molar refractivity (Wildman–Crippen MR) is 101 cm³/mol. The normalized spacial score (nSPS) is 27.5. The first-order valence-electron chi connectivity index (χ1n) is 9.48. The lowest BCUT2D eigenvalue weighted by Crippen LogP contribution is -2.42. The molecule has 2 fully saturated rings. The third-order valence-corrected chi connectivity index (χ3v) is 5.68. The van der Waals surface area contributed by atoms with Crippen LogP contribution in [0.3, 0.4) is 0 Å². The fraction of sp³-hybridized carbons (Fsp3) is 0.684. The van der Waals surface area contributed by atoms with E-state index in [2.05, 4.69) is 10.3 Å². The molecule has 2 aliphatic rings. The third-order valence-electron chi connectivity index (χ3n) is 5.68. The van der Waals surface area contributed by atoms with Gasteiger partial charge in [0.15, 0.2) is 0 Å². The number of halogens is 4. The Morgan fingerprint density at radius 2 is 1.83 bits per heavy atom. The van der Waals surface area contributed by atoms with Crippen molar-refractivity contribution >= 4 is 18.3 Å². The molecule has 3 atom stereocenters. The van der Waals surface area contributed by atoms with Crippen molar-refractivity contribution in [1.29, 1.82) is 0 Å². The molecular weight excluding hydrogens is 413 g/mol. The van der Waals surface area contributed by atoms with E-state index >= 15 is 0 Å². The summed E-state index contributed by atoms with van der Waals surface area (Å²) in [4.78, 5) is 16.0. The van der Waals surface area contributed by atoms with Gasteiger partial charge in [-0.05, 0) is 31.7 Å². The Morgan fingerprint density at radius 1 is 1.21 bits per heavy atom. The molecule has 0 saturated heterocycles. The molecule has 2 aliphatic carbocycles. The molecule has 3 N–H and O–H groups in total. The van der Waals surface area contributed by atoms with Crippen LogP contribution in [-0.2, 0) is 11.0 Å². The summed E-state index contributed by atoms with van der Waals surface area (Å²) >= 11 is 0. The van der Waals surface area contributed by atoms with E-state index in [1.807, 2.05) is 0 Å². The molecule has 1 unspecified atom stereocenters. The van der Waals surface area contributed by atoms with Gasteiger partial charge in [0, 0.05) is 30.1 Å². The Bertz CT molecular complexity index is 671. The van der Waals surface area contributed by atoms with E-state index in [0.717, 1.165) is 37.8 Å². The van der Waals surface area contributed by atoms with Crippen LogP contribution in [0, 0.1) is 11.3 Å². The number of carbonyl (C=O) groups is 1. The number of aliphatic hydroxyl groups excluding tert-OH is 2. The molecule has 1 aromatic rings. The summed E-state index contributed by atoms with van der Waals surface area (Å²) in [6, 6.07) is 2.02. The smallest absolute Gasteiger partial charge is 0.417 e.